The van der Waals surface area contributed by atoms with Crippen LogP contribution in [0.25, 0.3) is 0 Å². The second-order valence-electron chi connectivity index (χ2n) is 3.85. The number of anilines is 2. The van der Waals surface area contributed by atoms with Crippen LogP contribution in [0.3, 0.4) is 0 Å². The fourth-order valence-corrected chi connectivity index (χ4v) is 1.46. The molecule has 0 aliphatic rings. The number of aromatic carboxylic acids is 1. The Labute approximate surface area is 108 Å². The molecule has 2 aromatic rings. The molecule has 4 N–H and O–H groups in total. The van der Waals surface area contributed by atoms with Gasteiger partial charge >= 0.3 is 5.97 Å². The molecule has 0 aliphatic carbocycles. The number of aryl methyl sites for hydroxylation is 1. The smallest absolute Gasteiger partial charge is 0.354 e. The average molecular weight is 263 g/mol. The lowest BCUT2D eigenvalue weighted by Crippen LogP contribution is -2.11. The summed E-state index contributed by atoms with van der Waals surface area (Å²) in [5, 5.41) is 15.4. The zero-order valence-electron chi connectivity index (χ0n) is 10.3. The van der Waals surface area contributed by atoms with E-state index in [1.807, 2.05) is 0 Å². The predicted octanol–water partition coefficient (Wildman–Crippen LogP) is 0.708. The van der Waals surface area contributed by atoms with Crippen LogP contribution in [0.4, 0.5) is 11.5 Å². The topological polar surface area (TPSA) is 127 Å². The Kier molecular flexibility index (Phi) is 3.60. The van der Waals surface area contributed by atoms with E-state index in [9.17, 15) is 4.79 Å². The molecule has 0 fully saturated rings. The van der Waals surface area contributed by atoms with Crippen LogP contribution in [0.15, 0.2) is 16.7 Å². The average Bonchev–Trinajstić information content (AvgIpc) is 2.77. The summed E-state index contributed by atoms with van der Waals surface area (Å²) in [6.07, 6.45) is 0.499. The van der Waals surface area contributed by atoms with Crippen LogP contribution in [-0.2, 0) is 6.42 Å². The molecule has 0 saturated carbocycles. The highest BCUT2D eigenvalue weighted by Gasteiger charge is 2.09. The lowest BCUT2D eigenvalue weighted by atomic mass is 10.3. The van der Waals surface area contributed by atoms with E-state index >= 15 is 0 Å². The first-order valence-electron chi connectivity index (χ1n) is 5.59. The third-order valence-electron chi connectivity index (χ3n) is 2.35. The molecular weight excluding hydrogens is 250 g/mol. The molecular formula is C11H13N5O3. The van der Waals surface area contributed by atoms with E-state index in [1.54, 1.807) is 6.92 Å². The summed E-state index contributed by atoms with van der Waals surface area (Å²) in [6.45, 7) is 2.19. The molecule has 0 amide bonds. The van der Waals surface area contributed by atoms with E-state index in [2.05, 4.69) is 20.4 Å². The lowest BCUT2D eigenvalue weighted by molar-refractivity contribution is 0.0690. The van der Waals surface area contributed by atoms with Crippen molar-refractivity contribution in [3.63, 3.8) is 0 Å². The van der Waals surface area contributed by atoms with Crippen LogP contribution in [-0.4, -0.2) is 32.7 Å². The first-order valence-corrected chi connectivity index (χ1v) is 5.59. The van der Waals surface area contributed by atoms with E-state index in [0.29, 0.717) is 36.2 Å². The van der Waals surface area contributed by atoms with E-state index in [4.69, 9.17) is 15.4 Å². The van der Waals surface area contributed by atoms with E-state index in [-0.39, 0.29) is 5.69 Å². The summed E-state index contributed by atoms with van der Waals surface area (Å²) in [5.74, 6) is 0.296. The fourth-order valence-electron chi connectivity index (χ4n) is 1.46. The maximum atomic E-state index is 10.8. The van der Waals surface area contributed by atoms with Crippen molar-refractivity contribution in [2.45, 2.75) is 13.3 Å². The molecule has 0 aliphatic heterocycles. The molecule has 0 unspecified atom stereocenters. The van der Waals surface area contributed by atoms with Crippen molar-refractivity contribution in [3.05, 3.63) is 29.5 Å². The number of nitrogen functional groups attached to an aromatic ring is 1. The van der Waals surface area contributed by atoms with Crippen molar-refractivity contribution in [3.8, 4) is 0 Å². The number of nitrogens with zero attached hydrogens (tertiary/aromatic N) is 3. The molecule has 100 valence electrons. The van der Waals surface area contributed by atoms with Crippen LogP contribution in [0.2, 0.25) is 0 Å². The standard InChI is InChI=1S/C11H13N5O3/c1-6-14-9(19-16-6)4-5-13-10-7(12)2-3-8(15-10)11(17)18/h2-3H,4-5,12H2,1H3,(H,13,15)(H,17,18). The Morgan fingerprint density at radius 2 is 2.26 bits per heavy atom. The molecule has 8 nitrogen and oxygen atoms in total. The van der Waals surface area contributed by atoms with Gasteiger partial charge in [-0.2, -0.15) is 4.98 Å². The molecule has 0 bridgehead atoms. The monoisotopic (exact) mass is 263 g/mol. The second kappa shape index (κ2) is 5.34. The van der Waals surface area contributed by atoms with Gasteiger partial charge in [0.15, 0.2) is 11.5 Å². The first kappa shape index (κ1) is 12.8. The van der Waals surface area contributed by atoms with Gasteiger partial charge in [0.1, 0.15) is 5.82 Å². The fraction of sp³-hybridized carbons (Fsp3) is 0.273. The largest absolute Gasteiger partial charge is 0.477 e. The zero-order valence-corrected chi connectivity index (χ0v) is 10.3. The van der Waals surface area contributed by atoms with Gasteiger partial charge in [0, 0.05) is 13.0 Å². The van der Waals surface area contributed by atoms with Gasteiger partial charge in [-0.05, 0) is 19.1 Å². The summed E-state index contributed by atoms with van der Waals surface area (Å²) >= 11 is 0. The van der Waals surface area contributed by atoms with Crippen molar-refractivity contribution in [2.75, 3.05) is 17.6 Å². The molecule has 0 radical (unpaired) electrons. The second-order valence-corrected chi connectivity index (χ2v) is 3.85. The van der Waals surface area contributed by atoms with Crippen molar-refractivity contribution in [1.29, 1.82) is 0 Å². The van der Waals surface area contributed by atoms with Gasteiger partial charge in [0.2, 0.25) is 5.89 Å². The molecule has 0 aromatic carbocycles. The maximum Gasteiger partial charge on any atom is 0.354 e. The highest BCUT2D eigenvalue weighted by molar-refractivity contribution is 5.86. The maximum absolute atomic E-state index is 10.8. The van der Waals surface area contributed by atoms with E-state index in [1.165, 1.54) is 12.1 Å². The van der Waals surface area contributed by atoms with Crippen LogP contribution in [0.1, 0.15) is 22.2 Å². The molecule has 2 heterocycles. The number of carbonyl (C=O) groups is 1. The minimum atomic E-state index is -1.10. The van der Waals surface area contributed by atoms with Gasteiger partial charge in [-0.1, -0.05) is 5.16 Å². The number of hydrogen-bond acceptors (Lipinski definition) is 7. The van der Waals surface area contributed by atoms with Gasteiger partial charge in [0.25, 0.3) is 0 Å². The molecule has 0 saturated heterocycles. The molecule has 2 rings (SSSR count). The summed E-state index contributed by atoms with van der Waals surface area (Å²) in [4.78, 5) is 18.8. The molecule has 0 spiro atoms. The van der Waals surface area contributed by atoms with Gasteiger partial charge in [-0.3, -0.25) is 0 Å². The number of carboxylic acid groups (broad SMARTS) is 1. The molecule has 2 aromatic heterocycles. The van der Waals surface area contributed by atoms with Crippen molar-refractivity contribution in [1.82, 2.24) is 15.1 Å². The van der Waals surface area contributed by atoms with Crippen molar-refractivity contribution >= 4 is 17.5 Å². The number of aromatic nitrogens is 3. The Morgan fingerprint density at radius 1 is 1.47 bits per heavy atom. The first-order chi connectivity index (χ1) is 9.06. The van der Waals surface area contributed by atoms with Crippen molar-refractivity contribution in [2.24, 2.45) is 0 Å². The normalized spacial score (nSPS) is 10.4. The summed E-state index contributed by atoms with van der Waals surface area (Å²) in [5.41, 5.74) is 6.02. The predicted molar refractivity (Wildman–Crippen MR) is 66.8 cm³/mol. The highest BCUT2D eigenvalue weighted by Crippen LogP contribution is 2.15. The van der Waals surface area contributed by atoms with E-state index < -0.39 is 5.97 Å². The highest BCUT2D eigenvalue weighted by atomic mass is 16.5. The number of pyridine rings is 1. The Bertz CT molecular complexity index is 596. The Hall–Kier alpha value is -2.64. The zero-order chi connectivity index (χ0) is 13.8. The number of nitrogens with two attached hydrogens (primary N) is 1. The van der Waals surface area contributed by atoms with Crippen LogP contribution in [0, 0.1) is 6.92 Å². The SMILES string of the molecule is Cc1noc(CCNc2nc(C(=O)O)ccc2N)n1. The Morgan fingerprint density at radius 3 is 2.89 bits per heavy atom. The number of carboxylic acids is 1. The number of rotatable bonds is 5. The van der Waals surface area contributed by atoms with Crippen LogP contribution < -0.4 is 11.1 Å². The van der Waals surface area contributed by atoms with Gasteiger partial charge in [0.05, 0.1) is 5.69 Å². The van der Waals surface area contributed by atoms with Gasteiger partial charge in [-0.15, -0.1) is 0 Å². The van der Waals surface area contributed by atoms with E-state index in [0.717, 1.165) is 0 Å². The summed E-state index contributed by atoms with van der Waals surface area (Å²) < 4.78 is 4.95. The third-order valence-corrected chi connectivity index (χ3v) is 2.35. The molecule has 19 heavy (non-hydrogen) atoms. The van der Waals surface area contributed by atoms with Crippen LogP contribution in [0.5, 0.6) is 0 Å². The number of nitrogens with one attached hydrogen (secondary N) is 1. The minimum absolute atomic E-state index is 0.0645. The summed E-state index contributed by atoms with van der Waals surface area (Å²) in [7, 11) is 0. The minimum Gasteiger partial charge on any atom is -0.477 e. The van der Waals surface area contributed by atoms with Crippen molar-refractivity contribution < 1.29 is 14.4 Å². The van der Waals surface area contributed by atoms with Gasteiger partial charge in [-0.25, -0.2) is 9.78 Å². The van der Waals surface area contributed by atoms with Crippen LogP contribution >= 0.6 is 0 Å². The summed E-state index contributed by atoms with van der Waals surface area (Å²) in [6, 6.07) is 2.85. The Balaban J connectivity index is 1.99. The number of hydrogen-bond donors (Lipinski definition) is 3. The third kappa shape index (κ3) is 3.18. The molecule has 8 heteroatoms. The lowest BCUT2D eigenvalue weighted by Gasteiger charge is -2.07. The van der Waals surface area contributed by atoms with Gasteiger partial charge < -0.3 is 20.7 Å². The molecule has 0 atom stereocenters. The quantitative estimate of drug-likeness (QED) is 0.719.